The molecule has 0 radical (unpaired) electrons. The Kier molecular flexibility index (Phi) is 9.85. The minimum Gasteiger partial charge on any atom is -0.497 e. The van der Waals surface area contributed by atoms with Crippen LogP contribution in [0.15, 0.2) is 24.3 Å². The van der Waals surface area contributed by atoms with E-state index in [1.54, 1.807) is 19.2 Å². The van der Waals surface area contributed by atoms with Crippen LogP contribution in [-0.2, 0) is 20.8 Å². The molecule has 28 heavy (non-hydrogen) atoms. The van der Waals surface area contributed by atoms with Gasteiger partial charge in [0, 0.05) is 18.7 Å². The highest BCUT2D eigenvalue weighted by molar-refractivity contribution is 7.81. The number of nitrogens with one attached hydrogen (secondary N) is 2. The maximum atomic E-state index is 12.9. The van der Waals surface area contributed by atoms with Crippen LogP contribution in [0.1, 0.15) is 32.3 Å². The van der Waals surface area contributed by atoms with Crippen molar-refractivity contribution < 1.29 is 24.2 Å². The number of carbonyl (C=O) groups is 3. The number of carboxylic acids is 1. The summed E-state index contributed by atoms with van der Waals surface area (Å²) >= 11 is 4.34. The fourth-order valence-corrected chi connectivity index (χ4v) is 3.34. The maximum absolute atomic E-state index is 12.9. The molecule has 0 aliphatic carbocycles. The Morgan fingerprint density at radius 3 is 2.21 bits per heavy atom. The van der Waals surface area contributed by atoms with Crippen LogP contribution in [-0.4, -0.2) is 48.3 Å². The van der Waals surface area contributed by atoms with E-state index in [-0.39, 0.29) is 24.2 Å². The molecule has 0 saturated heterocycles. The predicted molar refractivity (Wildman–Crippen MR) is 111 cm³/mol. The second kappa shape index (κ2) is 11.6. The van der Waals surface area contributed by atoms with Gasteiger partial charge in [-0.25, -0.2) is 0 Å². The van der Waals surface area contributed by atoms with Gasteiger partial charge in [-0.1, -0.05) is 26.0 Å². The first-order valence-electron chi connectivity index (χ1n) is 9.22. The SMILES string of the molecule is CNC(=O)[C@H](Cc1ccc(OC)cc1)NC(=O)C(CC(C)C)[C@@H](S)CC(=O)O. The maximum Gasteiger partial charge on any atom is 0.304 e. The van der Waals surface area contributed by atoms with Crippen LogP contribution in [0.25, 0.3) is 0 Å². The molecule has 1 aromatic rings. The molecule has 3 atom stereocenters. The van der Waals surface area contributed by atoms with Crippen molar-refractivity contribution in [3.8, 4) is 5.75 Å². The number of thiol groups is 1. The van der Waals surface area contributed by atoms with Gasteiger partial charge in [-0.05, 0) is 30.0 Å². The molecule has 1 unspecified atom stereocenters. The molecule has 0 aliphatic heterocycles. The Balaban J connectivity index is 2.95. The van der Waals surface area contributed by atoms with E-state index in [9.17, 15) is 14.4 Å². The first-order valence-corrected chi connectivity index (χ1v) is 9.74. The van der Waals surface area contributed by atoms with Crippen molar-refractivity contribution in [1.82, 2.24) is 10.6 Å². The molecule has 0 spiro atoms. The Morgan fingerprint density at radius 2 is 1.75 bits per heavy atom. The lowest BCUT2D eigenvalue weighted by Crippen LogP contribution is -2.50. The standard InChI is InChI=1S/C20H30N2O5S/c1-12(2)9-15(17(28)11-18(23)24)19(25)22-16(20(26)21-3)10-13-5-7-14(27-4)8-6-13/h5-8,12,15-17,28H,9-11H2,1-4H3,(H,21,26)(H,22,25)(H,23,24)/t15?,16-,17-/m0/s1. The van der Waals surface area contributed by atoms with E-state index in [0.717, 1.165) is 5.56 Å². The number of carboxylic acid groups (broad SMARTS) is 1. The van der Waals surface area contributed by atoms with Gasteiger partial charge < -0.3 is 20.5 Å². The Morgan fingerprint density at radius 1 is 1.14 bits per heavy atom. The Bertz CT molecular complexity index is 663. The van der Waals surface area contributed by atoms with Crippen LogP contribution in [0.5, 0.6) is 5.75 Å². The normalized spacial score (nSPS) is 14.1. The van der Waals surface area contributed by atoms with Crippen molar-refractivity contribution in [2.24, 2.45) is 11.8 Å². The third kappa shape index (κ3) is 7.80. The number of benzene rings is 1. The molecular weight excluding hydrogens is 380 g/mol. The fraction of sp³-hybridized carbons (Fsp3) is 0.550. The van der Waals surface area contributed by atoms with Crippen molar-refractivity contribution in [2.75, 3.05) is 14.2 Å². The number of ether oxygens (including phenoxy) is 1. The summed E-state index contributed by atoms with van der Waals surface area (Å²) in [6.07, 6.45) is 0.563. The summed E-state index contributed by atoms with van der Waals surface area (Å²) in [6.45, 7) is 3.91. The monoisotopic (exact) mass is 410 g/mol. The molecule has 1 rings (SSSR count). The summed E-state index contributed by atoms with van der Waals surface area (Å²) in [5.41, 5.74) is 0.864. The summed E-state index contributed by atoms with van der Waals surface area (Å²) < 4.78 is 5.13. The van der Waals surface area contributed by atoms with E-state index in [4.69, 9.17) is 9.84 Å². The molecule has 2 amide bonds. The molecule has 7 nitrogen and oxygen atoms in total. The summed E-state index contributed by atoms with van der Waals surface area (Å²) in [6, 6.07) is 6.47. The lowest BCUT2D eigenvalue weighted by atomic mass is 9.91. The molecule has 0 fully saturated rings. The third-order valence-electron chi connectivity index (χ3n) is 4.39. The van der Waals surface area contributed by atoms with E-state index in [2.05, 4.69) is 23.3 Å². The van der Waals surface area contributed by atoms with E-state index < -0.39 is 23.2 Å². The van der Waals surface area contributed by atoms with E-state index in [0.29, 0.717) is 18.6 Å². The number of hydrogen-bond donors (Lipinski definition) is 4. The van der Waals surface area contributed by atoms with Gasteiger partial charge in [-0.2, -0.15) is 12.6 Å². The van der Waals surface area contributed by atoms with Crippen LogP contribution in [0.4, 0.5) is 0 Å². The Hall–Kier alpha value is -2.22. The van der Waals surface area contributed by atoms with Gasteiger partial charge in [0.05, 0.1) is 19.4 Å². The first-order chi connectivity index (χ1) is 13.2. The minimum absolute atomic E-state index is 0.180. The first kappa shape index (κ1) is 23.8. The van der Waals surface area contributed by atoms with Crippen molar-refractivity contribution in [1.29, 1.82) is 0 Å². The second-order valence-electron chi connectivity index (χ2n) is 7.13. The smallest absolute Gasteiger partial charge is 0.304 e. The molecule has 0 heterocycles. The number of likely N-dealkylation sites (N-methyl/N-ethyl adjacent to an activating group) is 1. The summed E-state index contributed by atoms with van der Waals surface area (Å²) in [5.74, 6) is -1.42. The lowest BCUT2D eigenvalue weighted by molar-refractivity contribution is -0.137. The molecule has 0 bridgehead atoms. The van der Waals surface area contributed by atoms with Gasteiger partial charge in [0.1, 0.15) is 11.8 Å². The van der Waals surface area contributed by atoms with Crippen LogP contribution in [0.3, 0.4) is 0 Å². The highest BCUT2D eigenvalue weighted by atomic mass is 32.1. The second-order valence-corrected chi connectivity index (χ2v) is 7.79. The van der Waals surface area contributed by atoms with Gasteiger partial charge in [-0.15, -0.1) is 0 Å². The number of amides is 2. The number of rotatable bonds is 11. The van der Waals surface area contributed by atoms with Crippen LogP contribution in [0.2, 0.25) is 0 Å². The molecule has 1 aromatic carbocycles. The molecule has 8 heteroatoms. The van der Waals surface area contributed by atoms with Crippen LogP contribution < -0.4 is 15.4 Å². The van der Waals surface area contributed by atoms with Crippen LogP contribution in [0, 0.1) is 11.8 Å². The largest absolute Gasteiger partial charge is 0.497 e. The van der Waals surface area contributed by atoms with Crippen molar-refractivity contribution in [3.63, 3.8) is 0 Å². The molecule has 3 N–H and O–H groups in total. The topological polar surface area (TPSA) is 105 Å². The molecule has 0 saturated carbocycles. The zero-order valence-electron chi connectivity index (χ0n) is 16.8. The lowest BCUT2D eigenvalue weighted by Gasteiger charge is -2.26. The van der Waals surface area contributed by atoms with Crippen LogP contribution >= 0.6 is 12.6 Å². The zero-order chi connectivity index (χ0) is 21.3. The van der Waals surface area contributed by atoms with Gasteiger partial charge in [0.2, 0.25) is 11.8 Å². The molecule has 0 aromatic heterocycles. The highest BCUT2D eigenvalue weighted by Crippen LogP contribution is 2.23. The average molecular weight is 411 g/mol. The highest BCUT2D eigenvalue weighted by Gasteiger charge is 2.31. The van der Waals surface area contributed by atoms with Crippen molar-refractivity contribution >= 4 is 30.4 Å². The number of aliphatic carboxylic acids is 1. The van der Waals surface area contributed by atoms with Gasteiger partial charge in [0.25, 0.3) is 0 Å². The van der Waals surface area contributed by atoms with E-state index >= 15 is 0 Å². The third-order valence-corrected chi connectivity index (χ3v) is 4.93. The molecule has 0 aliphatic rings. The van der Waals surface area contributed by atoms with Crippen molar-refractivity contribution in [2.45, 2.75) is 44.4 Å². The minimum atomic E-state index is -1.01. The van der Waals surface area contributed by atoms with Gasteiger partial charge in [0.15, 0.2) is 0 Å². The predicted octanol–water partition coefficient (Wildman–Crippen LogP) is 1.90. The van der Waals surface area contributed by atoms with E-state index in [1.165, 1.54) is 7.05 Å². The zero-order valence-corrected chi connectivity index (χ0v) is 17.7. The van der Waals surface area contributed by atoms with E-state index in [1.807, 2.05) is 26.0 Å². The number of hydrogen-bond acceptors (Lipinski definition) is 5. The van der Waals surface area contributed by atoms with Gasteiger partial charge in [-0.3, -0.25) is 14.4 Å². The summed E-state index contributed by atoms with van der Waals surface area (Å²) in [4.78, 5) is 36.2. The molecular formula is C20H30N2O5S. The average Bonchev–Trinajstić information content (AvgIpc) is 2.64. The molecule has 156 valence electrons. The Labute approximate surface area is 171 Å². The summed E-state index contributed by atoms with van der Waals surface area (Å²) in [5, 5.41) is 13.7. The number of methoxy groups -OCH3 is 1. The quantitative estimate of drug-likeness (QED) is 0.417. The van der Waals surface area contributed by atoms with Gasteiger partial charge >= 0.3 is 5.97 Å². The fourth-order valence-electron chi connectivity index (χ4n) is 2.93. The summed E-state index contributed by atoms with van der Waals surface area (Å²) in [7, 11) is 3.08. The van der Waals surface area contributed by atoms with Crippen molar-refractivity contribution in [3.05, 3.63) is 29.8 Å². The number of carbonyl (C=O) groups excluding carboxylic acids is 2.